The molecule has 0 saturated carbocycles. The van der Waals surface area contributed by atoms with E-state index in [4.69, 9.17) is 0 Å². The fourth-order valence-electron chi connectivity index (χ4n) is 0.127. The van der Waals surface area contributed by atoms with Crippen LogP contribution in [0.1, 0.15) is 0 Å². The van der Waals surface area contributed by atoms with Crippen LogP contribution in [0.5, 0.6) is 0 Å². The van der Waals surface area contributed by atoms with E-state index >= 15 is 0 Å². The molecule has 0 atom stereocenters. The molecule has 7 heavy (non-hydrogen) atoms. The lowest BCUT2D eigenvalue weighted by molar-refractivity contribution is -0.620. The van der Waals surface area contributed by atoms with Gasteiger partial charge in [0.05, 0.1) is 0 Å². The van der Waals surface area contributed by atoms with Crippen molar-refractivity contribution in [3.63, 3.8) is 0 Å². The first-order valence-electron chi connectivity index (χ1n) is 1.42. The van der Waals surface area contributed by atoms with Gasteiger partial charge in [0.15, 0.2) is 0 Å². The summed E-state index contributed by atoms with van der Waals surface area (Å²) in [6.07, 6.45) is 0.965. The lowest BCUT2D eigenvalue weighted by Gasteiger charge is -1.87. The SMILES string of the molecule is C1=NNOOOO1. The number of hydrazone groups is 1. The minimum absolute atomic E-state index is 0.965. The van der Waals surface area contributed by atoms with Crippen LogP contribution >= 0.6 is 0 Å². The summed E-state index contributed by atoms with van der Waals surface area (Å²) in [6.45, 7) is 0. The average Bonchev–Trinajstić information content (AvgIpc) is 1.90. The van der Waals surface area contributed by atoms with Crippen LogP contribution < -0.4 is 5.59 Å². The first kappa shape index (κ1) is 4.31. The molecule has 0 aromatic carbocycles. The molecule has 1 N–H and O–H groups in total. The fraction of sp³-hybridized carbons (Fsp3) is 0. The predicted octanol–water partition coefficient (Wildman–Crippen LogP) is -0.741. The standard InChI is InChI=1S/CH2N2O4/c1-2-3-5-7-6-4-1/h1,3H. The van der Waals surface area contributed by atoms with E-state index in [2.05, 4.69) is 25.1 Å². The molecule has 1 heterocycles. The molecule has 0 aromatic heterocycles. The van der Waals surface area contributed by atoms with E-state index in [1.807, 2.05) is 5.59 Å². The zero-order valence-corrected chi connectivity index (χ0v) is 3.16. The molecule has 1 aliphatic heterocycles. The van der Waals surface area contributed by atoms with Gasteiger partial charge < -0.3 is 0 Å². The first-order valence-corrected chi connectivity index (χ1v) is 1.42. The molecule has 0 bridgehead atoms. The highest BCUT2D eigenvalue weighted by Gasteiger charge is 1.89. The predicted molar refractivity (Wildman–Crippen MR) is 16.0 cm³/mol. The van der Waals surface area contributed by atoms with E-state index in [1.54, 1.807) is 0 Å². The van der Waals surface area contributed by atoms with E-state index in [-0.39, 0.29) is 0 Å². The van der Waals surface area contributed by atoms with Gasteiger partial charge in [0, 0.05) is 5.04 Å². The van der Waals surface area contributed by atoms with Crippen LogP contribution in [0.15, 0.2) is 5.10 Å². The van der Waals surface area contributed by atoms with Gasteiger partial charge in [0.25, 0.3) is 0 Å². The highest BCUT2D eigenvalue weighted by molar-refractivity contribution is 5.44. The van der Waals surface area contributed by atoms with Crippen molar-refractivity contribution < 1.29 is 20.0 Å². The van der Waals surface area contributed by atoms with Crippen LogP contribution in [0.3, 0.4) is 0 Å². The van der Waals surface area contributed by atoms with Crippen LogP contribution in [-0.2, 0) is 20.0 Å². The Bertz CT molecular complexity index is 64.1. The van der Waals surface area contributed by atoms with Crippen molar-refractivity contribution in [3.05, 3.63) is 0 Å². The monoisotopic (exact) mass is 106 g/mol. The normalized spacial score (nSPS) is 19.4. The van der Waals surface area contributed by atoms with Crippen LogP contribution in [0.4, 0.5) is 0 Å². The second-order valence-electron chi connectivity index (χ2n) is 0.641. The van der Waals surface area contributed by atoms with Gasteiger partial charge in [-0.05, 0) is 5.04 Å². The number of nitrogens with one attached hydrogen (secondary N) is 1. The van der Waals surface area contributed by atoms with Gasteiger partial charge in [0.2, 0.25) is 6.40 Å². The van der Waals surface area contributed by atoms with Crippen LogP contribution in [-0.4, -0.2) is 6.40 Å². The Morgan fingerprint density at radius 1 is 1.43 bits per heavy atom. The Morgan fingerprint density at radius 3 is 3.43 bits per heavy atom. The third-order valence-electron chi connectivity index (χ3n) is 0.287. The Labute approximate surface area is 38.3 Å². The molecule has 0 spiro atoms. The molecular formula is CH2N2O4. The summed E-state index contributed by atoms with van der Waals surface area (Å²) in [6, 6.07) is 0. The van der Waals surface area contributed by atoms with Gasteiger partial charge in [-0.1, -0.05) is 4.99 Å². The van der Waals surface area contributed by atoms with E-state index in [0.717, 1.165) is 6.40 Å². The van der Waals surface area contributed by atoms with Crippen molar-refractivity contribution in [2.24, 2.45) is 5.10 Å². The number of hydrogen-bond acceptors (Lipinski definition) is 6. The van der Waals surface area contributed by atoms with Crippen LogP contribution in [0, 0.1) is 0 Å². The molecule has 0 unspecified atom stereocenters. The number of rotatable bonds is 0. The molecule has 0 saturated heterocycles. The topological polar surface area (TPSA) is 61.3 Å². The summed E-state index contributed by atoms with van der Waals surface area (Å²) in [5, 5.41) is 10.7. The van der Waals surface area contributed by atoms with Gasteiger partial charge in [0.1, 0.15) is 0 Å². The van der Waals surface area contributed by atoms with Gasteiger partial charge in [-0.15, -0.1) is 10.7 Å². The Morgan fingerprint density at radius 2 is 2.43 bits per heavy atom. The maximum absolute atomic E-state index is 3.99. The Kier molecular flexibility index (Phi) is 1.44. The van der Waals surface area contributed by atoms with Crippen LogP contribution in [0.2, 0.25) is 0 Å². The minimum Gasteiger partial charge on any atom is -0.292 e. The summed E-state index contributed by atoms with van der Waals surface area (Å²) in [5.41, 5.74) is 1.94. The fourth-order valence-corrected chi connectivity index (χ4v) is 0.127. The van der Waals surface area contributed by atoms with E-state index in [9.17, 15) is 0 Å². The van der Waals surface area contributed by atoms with Gasteiger partial charge in [-0.3, -0.25) is 4.89 Å². The summed E-state index contributed by atoms with van der Waals surface area (Å²) in [4.78, 5) is 7.89. The number of hydrogen-bond donors (Lipinski definition) is 1. The molecule has 6 heteroatoms. The number of nitrogens with zero attached hydrogens (tertiary/aromatic N) is 1. The van der Waals surface area contributed by atoms with Crippen molar-refractivity contribution in [1.29, 1.82) is 0 Å². The molecular weight excluding hydrogens is 104 g/mol. The van der Waals surface area contributed by atoms with Crippen molar-refractivity contribution >= 4 is 6.40 Å². The van der Waals surface area contributed by atoms with Crippen molar-refractivity contribution in [2.45, 2.75) is 0 Å². The quantitative estimate of drug-likeness (QED) is 0.412. The molecule has 0 aliphatic carbocycles. The zero-order valence-electron chi connectivity index (χ0n) is 3.16. The molecule has 0 aromatic rings. The second kappa shape index (κ2) is 2.35. The molecule has 6 nitrogen and oxygen atoms in total. The smallest absolute Gasteiger partial charge is 0.242 e. The summed E-state index contributed by atoms with van der Waals surface area (Å²) >= 11 is 0. The molecule has 0 fully saturated rings. The second-order valence-corrected chi connectivity index (χ2v) is 0.641. The third-order valence-corrected chi connectivity index (χ3v) is 0.287. The molecule has 0 radical (unpaired) electrons. The average molecular weight is 106 g/mol. The lowest BCUT2D eigenvalue weighted by atomic mass is 11.5. The van der Waals surface area contributed by atoms with Gasteiger partial charge in [-0.2, -0.15) is 0 Å². The summed E-state index contributed by atoms with van der Waals surface area (Å²) in [7, 11) is 0. The Hall–Kier alpha value is -0.850. The van der Waals surface area contributed by atoms with Gasteiger partial charge in [-0.25, -0.2) is 0 Å². The maximum atomic E-state index is 3.99. The highest BCUT2D eigenvalue weighted by Crippen LogP contribution is 1.80. The highest BCUT2D eigenvalue weighted by atomic mass is 17.7. The zero-order chi connectivity index (χ0) is 4.95. The molecule has 1 aliphatic rings. The van der Waals surface area contributed by atoms with Crippen molar-refractivity contribution in [3.8, 4) is 0 Å². The van der Waals surface area contributed by atoms with Crippen molar-refractivity contribution in [2.75, 3.05) is 0 Å². The molecule has 40 valence electrons. The first-order chi connectivity index (χ1) is 3.50. The minimum atomic E-state index is 0.965. The molecule has 1 rings (SSSR count). The maximum Gasteiger partial charge on any atom is 0.242 e. The van der Waals surface area contributed by atoms with Gasteiger partial charge >= 0.3 is 0 Å². The van der Waals surface area contributed by atoms with E-state index in [0.29, 0.717) is 0 Å². The van der Waals surface area contributed by atoms with E-state index in [1.165, 1.54) is 0 Å². The summed E-state index contributed by atoms with van der Waals surface area (Å²) < 4.78 is 0. The molecule has 0 amide bonds. The largest absolute Gasteiger partial charge is 0.292 e. The van der Waals surface area contributed by atoms with E-state index < -0.39 is 0 Å². The van der Waals surface area contributed by atoms with Crippen LogP contribution in [0.25, 0.3) is 0 Å². The lowest BCUT2D eigenvalue weighted by Crippen LogP contribution is -2.03. The van der Waals surface area contributed by atoms with Crippen molar-refractivity contribution in [1.82, 2.24) is 5.59 Å². The Balaban J connectivity index is 2.20. The summed E-state index contributed by atoms with van der Waals surface area (Å²) in [5.74, 6) is 0. The third kappa shape index (κ3) is 1.35.